The summed E-state index contributed by atoms with van der Waals surface area (Å²) in [5.74, 6) is 0.801. The third kappa shape index (κ3) is 14.3. The Morgan fingerprint density at radius 1 is 0.725 bits per heavy atom. The van der Waals surface area contributed by atoms with Crippen LogP contribution in [0.3, 0.4) is 0 Å². The predicted molar refractivity (Wildman–Crippen MR) is 155 cm³/mol. The van der Waals surface area contributed by atoms with Gasteiger partial charge in [-0.15, -0.1) is 0 Å². The number of aliphatic hydroxyl groups excluding tert-OH is 1. The van der Waals surface area contributed by atoms with Crippen LogP contribution in [-0.2, 0) is 31.9 Å². The van der Waals surface area contributed by atoms with Gasteiger partial charge in [0.1, 0.15) is 36.9 Å². The molecular formula is C31H46N2O7. The van der Waals surface area contributed by atoms with Crippen LogP contribution in [0.25, 0.3) is 0 Å². The van der Waals surface area contributed by atoms with Gasteiger partial charge in [-0.25, -0.2) is 0 Å². The van der Waals surface area contributed by atoms with Gasteiger partial charge in [-0.2, -0.15) is 0 Å². The normalized spacial score (nSPS) is 12.7. The van der Waals surface area contributed by atoms with E-state index in [0.717, 1.165) is 11.1 Å². The van der Waals surface area contributed by atoms with Gasteiger partial charge >= 0.3 is 11.9 Å². The molecule has 40 heavy (non-hydrogen) atoms. The van der Waals surface area contributed by atoms with Crippen LogP contribution >= 0.6 is 0 Å². The fourth-order valence-corrected chi connectivity index (χ4v) is 3.66. The van der Waals surface area contributed by atoms with Gasteiger partial charge in [0.05, 0.1) is 7.11 Å². The Morgan fingerprint density at radius 2 is 1.20 bits per heavy atom. The first-order valence-corrected chi connectivity index (χ1v) is 14.0. The molecule has 2 aromatic carbocycles. The Bertz CT molecular complexity index is 994. The number of aryl methyl sites for hydroxylation is 2. The molecule has 0 aliphatic rings. The number of rotatable bonds is 19. The molecule has 222 valence electrons. The molecule has 0 radical (unpaired) electrons. The highest BCUT2D eigenvalue weighted by Gasteiger charge is 2.16. The molecular weight excluding hydrogens is 512 g/mol. The van der Waals surface area contributed by atoms with E-state index in [9.17, 15) is 14.7 Å². The maximum atomic E-state index is 12.6. The van der Waals surface area contributed by atoms with Crippen molar-refractivity contribution in [2.45, 2.75) is 77.7 Å². The molecule has 2 rings (SSSR count). The second-order valence-electron chi connectivity index (χ2n) is 10.4. The lowest BCUT2D eigenvalue weighted by atomic mass is 10.1. The summed E-state index contributed by atoms with van der Waals surface area (Å²) in [7, 11) is 1.38. The van der Waals surface area contributed by atoms with Gasteiger partial charge in [0.15, 0.2) is 0 Å². The van der Waals surface area contributed by atoms with Gasteiger partial charge in [-0.05, 0) is 48.2 Å². The molecule has 0 saturated carbocycles. The molecule has 0 aromatic heterocycles. The molecule has 0 spiro atoms. The fourth-order valence-electron chi connectivity index (χ4n) is 3.66. The molecule has 9 nitrogen and oxygen atoms in total. The third-order valence-corrected chi connectivity index (χ3v) is 6.00. The zero-order chi connectivity index (χ0) is 29.3. The molecule has 0 aliphatic heterocycles. The van der Waals surface area contributed by atoms with Gasteiger partial charge < -0.3 is 34.7 Å². The van der Waals surface area contributed by atoms with Gasteiger partial charge in [0, 0.05) is 38.0 Å². The molecule has 2 atom stereocenters. The average Bonchev–Trinajstić information content (AvgIpc) is 2.94. The van der Waals surface area contributed by atoms with Crippen LogP contribution in [-0.4, -0.2) is 74.7 Å². The first-order valence-electron chi connectivity index (χ1n) is 14.0. The van der Waals surface area contributed by atoms with Crippen molar-refractivity contribution >= 4 is 11.9 Å². The van der Waals surface area contributed by atoms with E-state index in [0.29, 0.717) is 49.9 Å². The molecule has 9 heteroatoms. The van der Waals surface area contributed by atoms with Crippen LogP contribution in [0.2, 0.25) is 0 Å². The van der Waals surface area contributed by atoms with Crippen LogP contribution in [0.1, 0.15) is 51.7 Å². The summed E-state index contributed by atoms with van der Waals surface area (Å²) in [5, 5.41) is 16.5. The zero-order valence-electron chi connectivity index (χ0n) is 24.5. The lowest BCUT2D eigenvalue weighted by molar-refractivity contribution is -0.150. The Hall–Kier alpha value is -3.14. The number of aliphatic hydroxyl groups is 1. The monoisotopic (exact) mass is 558 g/mol. The van der Waals surface area contributed by atoms with Crippen LogP contribution in [0.4, 0.5) is 0 Å². The molecule has 0 bridgehead atoms. The highest BCUT2D eigenvalue weighted by Crippen LogP contribution is 2.16. The Morgan fingerprint density at radius 3 is 1.70 bits per heavy atom. The highest BCUT2D eigenvalue weighted by molar-refractivity contribution is 5.70. The lowest BCUT2D eigenvalue weighted by Crippen LogP contribution is -2.38. The largest absolute Gasteiger partial charge is 0.491 e. The second-order valence-corrected chi connectivity index (χ2v) is 10.4. The number of benzene rings is 2. The number of hydrogen-bond donors (Lipinski definition) is 3. The molecule has 0 heterocycles. The average molecular weight is 559 g/mol. The number of ether oxygens (including phenoxy) is 4. The van der Waals surface area contributed by atoms with E-state index in [1.54, 1.807) is 0 Å². The van der Waals surface area contributed by atoms with Crippen molar-refractivity contribution in [3.8, 4) is 11.5 Å². The van der Waals surface area contributed by atoms with Crippen molar-refractivity contribution in [1.29, 1.82) is 0 Å². The topological polar surface area (TPSA) is 115 Å². The summed E-state index contributed by atoms with van der Waals surface area (Å²) in [6.45, 7) is 9.49. The second kappa shape index (κ2) is 18.3. The van der Waals surface area contributed by atoms with Crippen LogP contribution < -0.4 is 20.1 Å². The van der Waals surface area contributed by atoms with E-state index in [1.165, 1.54) is 7.11 Å². The van der Waals surface area contributed by atoms with Crippen molar-refractivity contribution in [2.24, 2.45) is 0 Å². The van der Waals surface area contributed by atoms with Crippen LogP contribution in [0.15, 0.2) is 48.5 Å². The fraction of sp³-hybridized carbons (Fsp3) is 0.548. The van der Waals surface area contributed by atoms with Gasteiger partial charge in [0.25, 0.3) is 0 Å². The third-order valence-electron chi connectivity index (χ3n) is 6.00. The smallest absolute Gasteiger partial charge is 0.306 e. The molecule has 2 unspecified atom stereocenters. The van der Waals surface area contributed by atoms with E-state index < -0.39 is 12.2 Å². The minimum atomic E-state index is -0.587. The van der Waals surface area contributed by atoms with Crippen molar-refractivity contribution in [3.63, 3.8) is 0 Å². The zero-order valence-corrected chi connectivity index (χ0v) is 24.5. The van der Waals surface area contributed by atoms with E-state index in [4.69, 9.17) is 14.2 Å². The summed E-state index contributed by atoms with van der Waals surface area (Å²) >= 11 is 0. The molecule has 0 amide bonds. The number of esters is 2. The molecule has 0 fully saturated rings. The molecule has 0 aliphatic carbocycles. The van der Waals surface area contributed by atoms with E-state index in [1.807, 2.05) is 76.2 Å². The number of carbonyl (C=O) groups excluding carboxylic acids is 2. The van der Waals surface area contributed by atoms with E-state index in [2.05, 4.69) is 15.4 Å². The van der Waals surface area contributed by atoms with Crippen molar-refractivity contribution < 1.29 is 33.6 Å². The van der Waals surface area contributed by atoms with Crippen LogP contribution in [0.5, 0.6) is 11.5 Å². The standard InChI is InChI=1S/C31H46N2O7/c1-22(2)32-18-26(34)20-38-27-12-6-25(7-13-27)11-17-31(36)40-29(19-33-23(3)4)21-39-28-14-8-24(9-15-28)10-16-30(35)37-5/h6-9,12-15,22-23,26,29,32-34H,10-11,16-21H2,1-5H3. The first-order chi connectivity index (χ1) is 19.1. The van der Waals surface area contributed by atoms with Crippen molar-refractivity contribution in [3.05, 3.63) is 59.7 Å². The van der Waals surface area contributed by atoms with Crippen molar-refractivity contribution in [2.75, 3.05) is 33.4 Å². The lowest BCUT2D eigenvalue weighted by Gasteiger charge is -2.20. The maximum absolute atomic E-state index is 12.6. The molecule has 2 aromatic rings. The summed E-state index contributed by atoms with van der Waals surface area (Å²) in [5.41, 5.74) is 2.00. The predicted octanol–water partition coefficient (Wildman–Crippen LogP) is 3.45. The number of nitrogens with one attached hydrogen (secondary N) is 2. The van der Waals surface area contributed by atoms with Crippen molar-refractivity contribution in [1.82, 2.24) is 10.6 Å². The van der Waals surface area contributed by atoms with Gasteiger partial charge in [-0.3, -0.25) is 9.59 Å². The van der Waals surface area contributed by atoms with E-state index >= 15 is 0 Å². The van der Waals surface area contributed by atoms with E-state index in [-0.39, 0.29) is 37.6 Å². The minimum Gasteiger partial charge on any atom is -0.491 e. The Kier molecular flexibility index (Phi) is 15.1. The molecule has 3 N–H and O–H groups in total. The molecule has 0 saturated heterocycles. The SMILES string of the molecule is COC(=O)CCc1ccc(OCC(CNC(C)C)OC(=O)CCc2ccc(OCC(O)CNC(C)C)cc2)cc1. The number of hydrogen-bond acceptors (Lipinski definition) is 9. The quantitative estimate of drug-likeness (QED) is 0.223. The summed E-state index contributed by atoms with van der Waals surface area (Å²) in [6.07, 6.45) is 0.678. The Labute approximate surface area is 238 Å². The highest BCUT2D eigenvalue weighted by atomic mass is 16.6. The summed E-state index contributed by atoms with van der Waals surface area (Å²) in [4.78, 5) is 24.0. The minimum absolute atomic E-state index is 0.207. The maximum Gasteiger partial charge on any atom is 0.306 e. The summed E-state index contributed by atoms with van der Waals surface area (Å²) in [6, 6.07) is 15.6. The number of methoxy groups -OCH3 is 1. The van der Waals surface area contributed by atoms with Gasteiger partial charge in [-0.1, -0.05) is 52.0 Å². The Balaban J connectivity index is 1.79. The summed E-state index contributed by atoms with van der Waals surface area (Å²) < 4.78 is 22.0. The van der Waals surface area contributed by atoms with Gasteiger partial charge in [0.2, 0.25) is 0 Å². The number of carbonyl (C=O) groups is 2. The first kappa shape index (κ1) is 33.1. The van der Waals surface area contributed by atoms with Crippen LogP contribution in [0, 0.1) is 0 Å².